The van der Waals surface area contributed by atoms with Gasteiger partial charge in [-0.05, 0) is 32.9 Å². The van der Waals surface area contributed by atoms with Gasteiger partial charge in [0.25, 0.3) is 0 Å². The molecule has 1 heterocycles. The van der Waals surface area contributed by atoms with E-state index in [1.807, 2.05) is 45.0 Å². The first-order chi connectivity index (χ1) is 9.37. The molecule has 0 saturated heterocycles. The number of amides is 1. The summed E-state index contributed by atoms with van der Waals surface area (Å²) in [6.07, 6.45) is 0.330. The minimum atomic E-state index is -0.471. The first-order valence-electron chi connectivity index (χ1n) is 6.84. The predicted molar refractivity (Wildman–Crippen MR) is 80.4 cm³/mol. The van der Waals surface area contributed by atoms with Crippen molar-refractivity contribution in [2.24, 2.45) is 5.73 Å². The number of fused-ring (bicyclic) bond motifs is 1. The lowest BCUT2D eigenvalue weighted by Gasteiger charge is -2.17. The summed E-state index contributed by atoms with van der Waals surface area (Å²) < 4.78 is 2.11. The summed E-state index contributed by atoms with van der Waals surface area (Å²) in [6.45, 7) is 6.96. The molecule has 2 aromatic rings. The van der Waals surface area contributed by atoms with Crippen LogP contribution in [-0.2, 0) is 11.3 Å². The third kappa shape index (κ3) is 3.57. The molecule has 1 aromatic carbocycles. The highest BCUT2D eigenvalue weighted by Gasteiger charge is 2.16. The summed E-state index contributed by atoms with van der Waals surface area (Å²) >= 11 is 0. The van der Waals surface area contributed by atoms with E-state index in [4.69, 9.17) is 5.73 Å². The van der Waals surface area contributed by atoms with E-state index in [9.17, 15) is 4.79 Å². The highest BCUT2D eigenvalue weighted by Crippen LogP contribution is 2.14. The molecule has 0 spiro atoms. The fourth-order valence-electron chi connectivity index (χ4n) is 2.26. The number of hydrogen-bond acceptors (Lipinski definition) is 3. The summed E-state index contributed by atoms with van der Waals surface area (Å²) in [5.41, 5.74) is 7.44. The molecule has 0 radical (unpaired) electrons. The van der Waals surface area contributed by atoms with Gasteiger partial charge in [0.05, 0.1) is 11.0 Å². The van der Waals surface area contributed by atoms with Crippen LogP contribution in [0.1, 0.15) is 26.1 Å². The molecule has 0 atom stereocenters. The van der Waals surface area contributed by atoms with Crippen molar-refractivity contribution >= 4 is 16.9 Å². The molecule has 0 saturated carbocycles. The van der Waals surface area contributed by atoms with Crippen LogP contribution in [0.5, 0.6) is 0 Å². The number of aromatic nitrogens is 2. The molecular formula is C15H22N4O. The Bertz CT molecular complexity index is 610. The van der Waals surface area contributed by atoms with Crippen LogP contribution in [0.3, 0.4) is 0 Å². The molecule has 0 fully saturated rings. The number of imidazole rings is 1. The Hall–Kier alpha value is -1.88. The zero-order valence-electron chi connectivity index (χ0n) is 12.3. The molecule has 5 nitrogen and oxygen atoms in total. The summed E-state index contributed by atoms with van der Waals surface area (Å²) in [4.78, 5) is 16.2. The summed E-state index contributed by atoms with van der Waals surface area (Å²) in [5.74, 6) is 0.944. The lowest BCUT2D eigenvalue weighted by molar-refractivity contribution is -0.122. The number of nitrogens with zero attached hydrogens (tertiary/aromatic N) is 2. The normalized spacial score (nSPS) is 11.8. The minimum absolute atomic E-state index is 0.0143. The van der Waals surface area contributed by atoms with Crippen LogP contribution in [0.15, 0.2) is 24.3 Å². The van der Waals surface area contributed by atoms with Gasteiger partial charge in [0.15, 0.2) is 0 Å². The highest BCUT2D eigenvalue weighted by molar-refractivity contribution is 5.77. The van der Waals surface area contributed by atoms with Gasteiger partial charge in [0.2, 0.25) is 5.91 Å². The van der Waals surface area contributed by atoms with Crippen molar-refractivity contribution < 1.29 is 4.79 Å². The molecule has 0 aliphatic carbocycles. The smallest absolute Gasteiger partial charge is 0.221 e. The number of aryl methyl sites for hydroxylation is 1. The topological polar surface area (TPSA) is 72.9 Å². The van der Waals surface area contributed by atoms with E-state index in [-0.39, 0.29) is 5.91 Å². The van der Waals surface area contributed by atoms with E-state index in [1.165, 1.54) is 0 Å². The summed E-state index contributed by atoms with van der Waals surface area (Å²) in [7, 11) is 0. The average molecular weight is 274 g/mol. The molecule has 2 rings (SSSR count). The Balaban J connectivity index is 1.96. The Morgan fingerprint density at radius 2 is 2.10 bits per heavy atom. The van der Waals surface area contributed by atoms with Gasteiger partial charge in [-0.2, -0.15) is 0 Å². The summed E-state index contributed by atoms with van der Waals surface area (Å²) in [6, 6.07) is 8.01. The number of hydrogen-bond donors (Lipinski definition) is 2. The summed E-state index contributed by atoms with van der Waals surface area (Å²) in [5, 5.41) is 2.90. The van der Waals surface area contributed by atoms with Gasteiger partial charge < -0.3 is 15.6 Å². The van der Waals surface area contributed by atoms with E-state index >= 15 is 0 Å². The van der Waals surface area contributed by atoms with Gasteiger partial charge in [0.1, 0.15) is 5.82 Å². The van der Waals surface area contributed by atoms with Crippen molar-refractivity contribution in [3.8, 4) is 0 Å². The number of para-hydroxylation sites is 2. The molecule has 0 aliphatic heterocycles. The van der Waals surface area contributed by atoms with Crippen molar-refractivity contribution in [2.75, 3.05) is 6.54 Å². The van der Waals surface area contributed by atoms with Gasteiger partial charge in [0, 0.05) is 25.0 Å². The van der Waals surface area contributed by atoms with Crippen molar-refractivity contribution in [1.29, 1.82) is 0 Å². The van der Waals surface area contributed by atoms with Gasteiger partial charge in [-0.1, -0.05) is 12.1 Å². The Morgan fingerprint density at radius 1 is 1.40 bits per heavy atom. The SMILES string of the molecule is Cc1nc2ccccc2n1CCNC(=O)CC(C)(C)N. The highest BCUT2D eigenvalue weighted by atomic mass is 16.1. The van der Waals surface area contributed by atoms with Crippen LogP contribution in [0, 0.1) is 6.92 Å². The second-order valence-electron chi connectivity index (χ2n) is 5.81. The van der Waals surface area contributed by atoms with Crippen molar-refractivity contribution in [3.05, 3.63) is 30.1 Å². The van der Waals surface area contributed by atoms with Gasteiger partial charge in [-0.15, -0.1) is 0 Å². The number of nitrogens with one attached hydrogen (secondary N) is 1. The van der Waals surface area contributed by atoms with Crippen LogP contribution in [0.4, 0.5) is 0 Å². The maximum absolute atomic E-state index is 11.7. The van der Waals surface area contributed by atoms with Crippen LogP contribution in [-0.4, -0.2) is 27.5 Å². The molecule has 0 unspecified atom stereocenters. The van der Waals surface area contributed by atoms with Crippen LogP contribution in [0.2, 0.25) is 0 Å². The Labute approximate surface area is 119 Å². The molecule has 3 N–H and O–H groups in total. The monoisotopic (exact) mass is 274 g/mol. The van der Waals surface area contributed by atoms with Gasteiger partial charge in [-0.25, -0.2) is 4.98 Å². The van der Waals surface area contributed by atoms with E-state index in [0.717, 1.165) is 16.9 Å². The maximum Gasteiger partial charge on any atom is 0.221 e. The zero-order chi connectivity index (χ0) is 14.8. The third-order valence-electron chi connectivity index (χ3n) is 3.12. The molecule has 1 amide bonds. The zero-order valence-corrected chi connectivity index (χ0v) is 12.3. The van der Waals surface area contributed by atoms with E-state index in [0.29, 0.717) is 19.5 Å². The Kier molecular flexibility index (Phi) is 4.09. The number of nitrogens with two attached hydrogens (primary N) is 1. The third-order valence-corrected chi connectivity index (χ3v) is 3.12. The molecule has 20 heavy (non-hydrogen) atoms. The first-order valence-corrected chi connectivity index (χ1v) is 6.84. The van der Waals surface area contributed by atoms with Crippen LogP contribution < -0.4 is 11.1 Å². The molecule has 5 heteroatoms. The predicted octanol–water partition coefficient (Wildman–Crippen LogP) is 1.59. The lowest BCUT2D eigenvalue weighted by Crippen LogP contribution is -2.39. The molecule has 1 aromatic heterocycles. The quantitative estimate of drug-likeness (QED) is 0.869. The number of carbonyl (C=O) groups excluding carboxylic acids is 1. The van der Waals surface area contributed by atoms with Gasteiger partial charge in [-0.3, -0.25) is 4.79 Å². The fraction of sp³-hybridized carbons (Fsp3) is 0.467. The van der Waals surface area contributed by atoms with Gasteiger partial charge >= 0.3 is 0 Å². The second kappa shape index (κ2) is 5.63. The van der Waals surface area contributed by atoms with E-state index in [2.05, 4.69) is 14.9 Å². The van der Waals surface area contributed by atoms with Crippen LogP contribution >= 0.6 is 0 Å². The average Bonchev–Trinajstić information content (AvgIpc) is 2.64. The Morgan fingerprint density at radius 3 is 2.80 bits per heavy atom. The van der Waals surface area contributed by atoms with Crippen molar-refractivity contribution in [2.45, 2.75) is 39.3 Å². The number of rotatable bonds is 5. The maximum atomic E-state index is 11.7. The largest absolute Gasteiger partial charge is 0.354 e. The fourth-order valence-corrected chi connectivity index (χ4v) is 2.26. The molecular weight excluding hydrogens is 252 g/mol. The second-order valence-corrected chi connectivity index (χ2v) is 5.81. The molecule has 0 aliphatic rings. The van der Waals surface area contributed by atoms with Crippen molar-refractivity contribution in [3.63, 3.8) is 0 Å². The minimum Gasteiger partial charge on any atom is -0.354 e. The van der Waals surface area contributed by atoms with E-state index < -0.39 is 5.54 Å². The van der Waals surface area contributed by atoms with E-state index in [1.54, 1.807) is 0 Å². The molecule has 0 bridgehead atoms. The standard InChI is InChI=1S/C15H22N4O/c1-11-18-12-6-4-5-7-13(12)19(11)9-8-17-14(20)10-15(2,3)16/h4-7H,8-10,16H2,1-3H3,(H,17,20). The lowest BCUT2D eigenvalue weighted by atomic mass is 10.0. The number of carbonyl (C=O) groups is 1. The van der Waals surface area contributed by atoms with Crippen LogP contribution in [0.25, 0.3) is 11.0 Å². The first kappa shape index (κ1) is 14.5. The number of benzene rings is 1. The molecule has 108 valence electrons. The van der Waals surface area contributed by atoms with Crippen molar-refractivity contribution in [1.82, 2.24) is 14.9 Å².